The first kappa shape index (κ1) is 17.7. The Balaban J connectivity index is 5.29. The zero-order valence-electron chi connectivity index (χ0n) is 12.1. The fourth-order valence-corrected chi connectivity index (χ4v) is 1.06. The first-order valence-electron chi connectivity index (χ1n) is 6.37. The van der Waals surface area contributed by atoms with E-state index in [-0.39, 0.29) is 0 Å². The highest BCUT2D eigenvalue weighted by atomic mass is 16.5. The normalized spacial score (nSPS) is 14.1. The predicted molar refractivity (Wildman–Crippen MR) is 69.9 cm³/mol. The number of rotatable bonds is 6. The highest BCUT2D eigenvalue weighted by Crippen LogP contribution is 2.12. The lowest BCUT2D eigenvalue weighted by atomic mass is 10.1. The molecule has 0 spiro atoms. The van der Waals surface area contributed by atoms with Gasteiger partial charge in [-0.15, -0.1) is 0 Å². The van der Waals surface area contributed by atoms with Gasteiger partial charge >= 0.3 is 11.9 Å². The van der Waals surface area contributed by atoms with E-state index in [0.717, 1.165) is 0 Å². The van der Waals surface area contributed by atoms with Crippen LogP contribution in [0.2, 0.25) is 0 Å². The Kier molecular flexibility index (Phi) is 7.69. The van der Waals surface area contributed by atoms with E-state index in [0.29, 0.717) is 12.8 Å². The molecule has 0 aliphatic rings. The maximum absolute atomic E-state index is 11.7. The van der Waals surface area contributed by atoms with Crippen molar-refractivity contribution in [2.75, 3.05) is 0 Å². The Morgan fingerprint density at radius 3 is 1.40 bits per heavy atom. The largest absolute Gasteiger partial charge is 0.459 e. The topological polar surface area (TPSA) is 100 Å². The molecular formula is C14H18N2O4. The lowest BCUT2D eigenvalue weighted by Crippen LogP contribution is -2.21. The Labute approximate surface area is 118 Å². The first-order valence-corrected chi connectivity index (χ1v) is 6.37. The number of hydrogen-bond donors (Lipinski definition) is 0. The van der Waals surface area contributed by atoms with E-state index < -0.39 is 35.3 Å². The highest BCUT2D eigenvalue weighted by molar-refractivity contribution is 6.05. The molecular weight excluding hydrogens is 260 g/mol. The molecule has 0 N–H and O–H groups in total. The monoisotopic (exact) mass is 278 g/mol. The molecule has 6 heteroatoms. The first-order chi connectivity index (χ1) is 9.40. The Hall–Kier alpha value is -2.34. The molecule has 0 bridgehead atoms. The van der Waals surface area contributed by atoms with Crippen molar-refractivity contribution in [3.8, 4) is 12.1 Å². The van der Waals surface area contributed by atoms with Crippen LogP contribution in [0, 0.1) is 22.7 Å². The molecule has 0 radical (unpaired) electrons. The molecule has 0 amide bonds. The van der Waals surface area contributed by atoms with E-state index >= 15 is 0 Å². The summed E-state index contributed by atoms with van der Waals surface area (Å²) >= 11 is 0. The van der Waals surface area contributed by atoms with E-state index in [9.17, 15) is 9.59 Å². The molecule has 108 valence electrons. The zero-order valence-corrected chi connectivity index (χ0v) is 12.1. The summed E-state index contributed by atoms with van der Waals surface area (Å²) in [6.07, 6.45) is 0.306. The molecule has 0 aliphatic carbocycles. The van der Waals surface area contributed by atoms with Gasteiger partial charge in [0.25, 0.3) is 0 Å². The van der Waals surface area contributed by atoms with Gasteiger partial charge in [0.2, 0.25) is 0 Å². The molecule has 0 saturated heterocycles. The molecule has 0 saturated carbocycles. The van der Waals surface area contributed by atoms with Gasteiger partial charge in [-0.2, -0.15) is 10.5 Å². The summed E-state index contributed by atoms with van der Waals surface area (Å²) in [4.78, 5) is 23.5. The van der Waals surface area contributed by atoms with Crippen LogP contribution in [-0.2, 0) is 19.1 Å². The van der Waals surface area contributed by atoms with Crippen molar-refractivity contribution in [3.05, 3.63) is 11.1 Å². The third-order valence-electron chi connectivity index (χ3n) is 2.65. The second kappa shape index (κ2) is 8.71. The molecule has 0 aromatic carbocycles. The van der Waals surface area contributed by atoms with E-state index in [1.165, 1.54) is 12.1 Å². The van der Waals surface area contributed by atoms with Crippen molar-refractivity contribution in [1.29, 1.82) is 10.5 Å². The zero-order chi connectivity index (χ0) is 15.7. The van der Waals surface area contributed by atoms with Crippen molar-refractivity contribution in [3.63, 3.8) is 0 Å². The fraction of sp³-hybridized carbons (Fsp3) is 0.571. The molecule has 0 rings (SSSR count). The highest BCUT2D eigenvalue weighted by Gasteiger charge is 2.25. The van der Waals surface area contributed by atoms with Gasteiger partial charge in [-0.25, -0.2) is 9.59 Å². The number of nitriles is 2. The molecule has 2 unspecified atom stereocenters. The second-order valence-electron chi connectivity index (χ2n) is 4.22. The maximum atomic E-state index is 11.7. The van der Waals surface area contributed by atoms with Crippen molar-refractivity contribution in [2.45, 2.75) is 52.7 Å². The Morgan fingerprint density at radius 1 is 0.900 bits per heavy atom. The summed E-state index contributed by atoms with van der Waals surface area (Å²) in [7, 11) is 0. The third kappa shape index (κ3) is 5.11. The van der Waals surface area contributed by atoms with Crippen LogP contribution in [0.4, 0.5) is 0 Å². The van der Waals surface area contributed by atoms with E-state index in [1.807, 2.05) is 0 Å². The summed E-state index contributed by atoms with van der Waals surface area (Å²) < 4.78 is 9.88. The SMILES string of the molecule is CCC(C)OC(=O)/C(C#N)=C(\C#N)C(=O)OC(C)CC. The third-order valence-corrected chi connectivity index (χ3v) is 2.65. The number of ether oxygens (including phenoxy) is 2. The van der Waals surface area contributed by atoms with Gasteiger partial charge < -0.3 is 9.47 Å². The van der Waals surface area contributed by atoms with Crippen LogP contribution in [-0.4, -0.2) is 24.1 Å². The Bertz CT molecular complexity index is 438. The second-order valence-corrected chi connectivity index (χ2v) is 4.22. The standard InChI is InChI=1S/C14H18N2O4/c1-5-9(3)19-13(17)11(7-15)12(8-16)14(18)20-10(4)6-2/h9-10H,5-6H2,1-4H3/b12-11+. The van der Waals surface area contributed by atoms with Crippen LogP contribution in [0.25, 0.3) is 0 Å². The summed E-state index contributed by atoms with van der Waals surface area (Å²) in [6, 6.07) is 3.07. The minimum Gasteiger partial charge on any atom is -0.459 e. The van der Waals surface area contributed by atoms with Crippen molar-refractivity contribution >= 4 is 11.9 Å². The van der Waals surface area contributed by atoms with Gasteiger partial charge in [0.05, 0.1) is 12.2 Å². The summed E-state index contributed by atoms with van der Waals surface area (Å²) in [5.41, 5.74) is -1.25. The molecule has 20 heavy (non-hydrogen) atoms. The molecule has 6 nitrogen and oxygen atoms in total. The average molecular weight is 278 g/mol. The number of carbonyl (C=O) groups is 2. The van der Waals surface area contributed by atoms with Crippen LogP contribution < -0.4 is 0 Å². The van der Waals surface area contributed by atoms with Gasteiger partial charge in [0.15, 0.2) is 11.1 Å². The molecule has 0 aliphatic heterocycles. The van der Waals surface area contributed by atoms with Crippen molar-refractivity contribution in [2.24, 2.45) is 0 Å². The van der Waals surface area contributed by atoms with Gasteiger partial charge in [0, 0.05) is 0 Å². The number of hydrogen-bond acceptors (Lipinski definition) is 6. The molecule has 2 atom stereocenters. The lowest BCUT2D eigenvalue weighted by Gasteiger charge is -2.12. The van der Waals surface area contributed by atoms with Gasteiger partial charge in [-0.1, -0.05) is 13.8 Å². The number of nitrogens with zero attached hydrogens (tertiary/aromatic N) is 2. The molecule has 0 fully saturated rings. The molecule has 0 aromatic rings. The Morgan fingerprint density at radius 2 is 1.20 bits per heavy atom. The van der Waals surface area contributed by atoms with E-state index in [2.05, 4.69) is 0 Å². The fourth-order valence-electron chi connectivity index (χ4n) is 1.06. The van der Waals surface area contributed by atoms with Crippen LogP contribution in [0.5, 0.6) is 0 Å². The molecule has 0 aromatic heterocycles. The van der Waals surface area contributed by atoms with Gasteiger partial charge in [-0.3, -0.25) is 0 Å². The lowest BCUT2D eigenvalue weighted by molar-refractivity contribution is -0.146. The minimum atomic E-state index is -0.987. The average Bonchev–Trinajstić information content (AvgIpc) is 2.43. The van der Waals surface area contributed by atoms with Crippen molar-refractivity contribution < 1.29 is 19.1 Å². The van der Waals surface area contributed by atoms with Crippen LogP contribution in [0.3, 0.4) is 0 Å². The van der Waals surface area contributed by atoms with E-state index in [1.54, 1.807) is 27.7 Å². The molecule has 0 heterocycles. The minimum absolute atomic E-state index is 0.406. The van der Waals surface area contributed by atoms with Crippen molar-refractivity contribution in [1.82, 2.24) is 0 Å². The quantitative estimate of drug-likeness (QED) is 0.418. The number of carbonyl (C=O) groups excluding carboxylic acids is 2. The van der Waals surface area contributed by atoms with Crippen LogP contribution in [0.1, 0.15) is 40.5 Å². The van der Waals surface area contributed by atoms with Gasteiger partial charge in [0.1, 0.15) is 12.1 Å². The van der Waals surface area contributed by atoms with Crippen LogP contribution in [0.15, 0.2) is 11.1 Å². The summed E-state index contributed by atoms with van der Waals surface area (Å²) in [6.45, 7) is 6.90. The van der Waals surface area contributed by atoms with Gasteiger partial charge in [-0.05, 0) is 26.7 Å². The predicted octanol–water partition coefficient (Wildman–Crippen LogP) is 2.01. The number of esters is 2. The van der Waals surface area contributed by atoms with E-state index in [4.69, 9.17) is 20.0 Å². The smallest absolute Gasteiger partial charge is 0.350 e. The summed E-state index contributed by atoms with van der Waals surface area (Å²) in [5.74, 6) is -1.97. The van der Waals surface area contributed by atoms with Crippen LogP contribution >= 0.6 is 0 Å². The summed E-state index contributed by atoms with van der Waals surface area (Å²) in [5, 5.41) is 17.9. The maximum Gasteiger partial charge on any atom is 0.350 e.